The molecule has 0 radical (unpaired) electrons. The fourth-order valence-corrected chi connectivity index (χ4v) is 8.06. The Hall–Kier alpha value is -1.08. The molecule has 1 aromatic carbocycles. The smallest absolute Gasteiger partial charge is 0.165 e. The lowest BCUT2D eigenvalue weighted by Gasteiger charge is -2.59. The first-order valence-corrected chi connectivity index (χ1v) is 11.8. The SMILES string of the molecule is CC12CCC3C(CCC4CCCCC43C)C1CC(=Cc1ccccc1Cl)C2=O. The molecule has 0 spiro atoms. The van der Waals surface area contributed by atoms with Crippen LogP contribution in [0, 0.1) is 34.5 Å². The van der Waals surface area contributed by atoms with Crippen LogP contribution in [0.15, 0.2) is 29.8 Å². The average Bonchev–Trinajstić information content (AvgIpc) is 2.94. The van der Waals surface area contributed by atoms with E-state index in [4.69, 9.17) is 11.6 Å². The summed E-state index contributed by atoms with van der Waals surface area (Å²) in [5.74, 6) is 3.44. The van der Waals surface area contributed by atoms with E-state index in [9.17, 15) is 4.79 Å². The minimum Gasteiger partial charge on any atom is -0.294 e. The molecule has 0 N–H and O–H groups in total. The third-order valence-corrected chi connectivity index (χ3v) is 9.80. The molecule has 4 fully saturated rings. The Morgan fingerprint density at radius 1 is 1.00 bits per heavy atom. The Bertz CT molecular complexity index is 825. The zero-order valence-corrected chi connectivity index (χ0v) is 18.1. The number of benzene rings is 1. The maximum Gasteiger partial charge on any atom is 0.165 e. The fraction of sp³-hybridized carbons (Fsp3) is 0.654. The molecule has 150 valence electrons. The lowest BCUT2D eigenvalue weighted by atomic mass is 9.45. The van der Waals surface area contributed by atoms with Crippen molar-refractivity contribution in [1.82, 2.24) is 0 Å². The molecule has 6 atom stereocenters. The van der Waals surface area contributed by atoms with Crippen molar-refractivity contribution in [2.75, 3.05) is 0 Å². The van der Waals surface area contributed by atoms with Gasteiger partial charge in [-0.15, -0.1) is 0 Å². The van der Waals surface area contributed by atoms with Crippen LogP contribution in [0.4, 0.5) is 0 Å². The summed E-state index contributed by atoms with van der Waals surface area (Å²) in [6.45, 7) is 4.88. The van der Waals surface area contributed by atoms with Gasteiger partial charge in [-0.1, -0.05) is 56.5 Å². The molecule has 0 heterocycles. The molecule has 4 aliphatic rings. The molecule has 0 bridgehead atoms. The summed E-state index contributed by atoms with van der Waals surface area (Å²) in [6.07, 6.45) is 13.8. The van der Waals surface area contributed by atoms with Gasteiger partial charge in [-0.3, -0.25) is 4.79 Å². The average molecular weight is 397 g/mol. The minimum absolute atomic E-state index is 0.147. The Labute approximate surface area is 174 Å². The van der Waals surface area contributed by atoms with Gasteiger partial charge < -0.3 is 0 Å². The van der Waals surface area contributed by atoms with E-state index >= 15 is 0 Å². The third-order valence-electron chi connectivity index (χ3n) is 9.46. The molecule has 4 aliphatic carbocycles. The summed E-state index contributed by atoms with van der Waals surface area (Å²) in [7, 11) is 0. The van der Waals surface area contributed by atoms with Crippen molar-refractivity contribution in [2.24, 2.45) is 34.5 Å². The topological polar surface area (TPSA) is 17.1 Å². The molecule has 6 unspecified atom stereocenters. The Morgan fingerprint density at radius 2 is 1.82 bits per heavy atom. The van der Waals surface area contributed by atoms with Gasteiger partial charge >= 0.3 is 0 Å². The van der Waals surface area contributed by atoms with Gasteiger partial charge in [0.1, 0.15) is 0 Å². The van der Waals surface area contributed by atoms with Crippen LogP contribution in [-0.2, 0) is 4.79 Å². The number of carbonyl (C=O) groups excluding carboxylic acids is 1. The molecule has 0 saturated heterocycles. The number of ketones is 1. The highest BCUT2D eigenvalue weighted by molar-refractivity contribution is 6.32. The Morgan fingerprint density at radius 3 is 2.64 bits per heavy atom. The number of hydrogen-bond donors (Lipinski definition) is 0. The van der Waals surface area contributed by atoms with Gasteiger partial charge in [-0.2, -0.15) is 0 Å². The van der Waals surface area contributed by atoms with Gasteiger partial charge in [0.15, 0.2) is 5.78 Å². The quantitative estimate of drug-likeness (QED) is 0.454. The van der Waals surface area contributed by atoms with E-state index in [1.54, 1.807) is 0 Å². The molecular formula is C26H33ClO. The molecule has 0 aliphatic heterocycles. The first kappa shape index (κ1) is 18.9. The Balaban J connectivity index is 1.48. The summed E-state index contributed by atoms with van der Waals surface area (Å²) in [5.41, 5.74) is 2.40. The van der Waals surface area contributed by atoms with Crippen molar-refractivity contribution < 1.29 is 4.79 Å². The molecule has 4 saturated carbocycles. The Kier molecular flexibility index (Phi) is 4.54. The third kappa shape index (κ3) is 2.68. The molecular weight excluding hydrogens is 364 g/mol. The lowest BCUT2D eigenvalue weighted by Crippen LogP contribution is -2.52. The van der Waals surface area contributed by atoms with Crippen LogP contribution in [-0.4, -0.2) is 5.78 Å². The lowest BCUT2D eigenvalue weighted by molar-refractivity contribution is -0.137. The normalized spacial score (nSPS) is 44.1. The first-order valence-electron chi connectivity index (χ1n) is 11.4. The van der Waals surface area contributed by atoms with Crippen LogP contribution >= 0.6 is 11.6 Å². The second-order valence-corrected chi connectivity index (χ2v) is 11.0. The number of carbonyl (C=O) groups is 1. The summed E-state index contributed by atoms with van der Waals surface area (Å²) >= 11 is 6.39. The number of halogens is 1. The van der Waals surface area contributed by atoms with Gasteiger partial charge in [-0.25, -0.2) is 0 Å². The van der Waals surface area contributed by atoms with E-state index in [1.807, 2.05) is 24.3 Å². The summed E-state index contributed by atoms with van der Waals surface area (Å²) < 4.78 is 0. The first-order chi connectivity index (χ1) is 13.4. The zero-order valence-electron chi connectivity index (χ0n) is 17.3. The van der Waals surface area contributed by atoms with Crippen molar-refractivity contribution in [3.63, 3.8) is 0 Å². The monoisotopic (exact) mass is 396 g/mol. The van der Waals surface area contributed by atoms with E-state index in [2.05, 4.69) is 19.9 Å². The van der Waals surface area contributed by atoms with Gasteiger partial charge in [0.2, 0.25) is 0 Å². The number of hydrogen-bond acceptors (Lipinski definition) is 1. The summed E-state index contributed by atoms with van der Waals surface area (Å²) in [6, 6.07) is 7.91. The van der Waals surface area contributed by atoms with E-state index in [-0.39, 0.29) is 5.41 Å². The van der Waals surface area contributed by atoms with E-state index in [0.717, 1.165) is 46.8 Å². The van der Waals surface area contributed by atoms with Crippen LogP contribution in [0.5, 0.6) is 0 Å². The molecule has 2 heteroatoms. The highest BCUT2D eigenvalue weighted by atomic mass is 35.5. The highest BCUT2D eigenvalue weighted by Crippen LogP contribution is 2.66. The van der Waals surface area contributed by atoms with Crippen molar-refractivity contribution in [2.45, 2.75) is 71.6 Å². The van der Waals surface area contributed by atoms with Crippen LogP contribution in [0.1, 0.15) is 77.2 Å². The van der Waals surface area contributed by atoms with Crippen LogP contribution in [0.2, 0.25) is 5.02 Å². The predicted octanol–water partition coefficient (Wildman–Crippen LogP) is 7.34. The summed E-state index contributed by atoms with van der Waals surface area (Å²) in [4.78, 5) is 13.5. The van der Waals surface area contributed by atoms with Gasteiger partial charge in [0.25, 0.3) is 0 Å². The van der Waals surface area contributed by atoms with Crippen molar-refractivity contribution in [3.8, 4) is 0 Å². The zero-order chi connectivity index (χ0) is 19.5. The molecule has 0 amide bonds. The van der Waals surface area contributed by atoms with E-state index in [1.165, 1.54) is 44.9 Å². The minimum atomic E-state index is -0.147. The van der Waals surface area contributed by atoms with Crippen molar-refractivity contribution >= 4 is 23.5 Å². The predicted molar refractivity (Wildman–Crippen MR) is 116 cm³/mol. The van der Waals surface area contributed by atoms with Crippen molar-refractivity contribution in [3.05, 3.63) is 40.4 Å². The fourth-order valence-electron chi connectivity index (χ4n) is 7.87. The summed E-state index contributed by atoms with van der Waals surface area (Å²) in [5, 5.41) is 0.746. The van der Waals surface area contributed by atoms with Gasteiger partial charge in [0, 0.05) is 10.4 Å². The maximum atomic E-state index is 13.5. The molecule has 1 nitrogen and oxygen atoms in total. The number of Topliss-reactive ketones (excluding diaryl/α,β-unsaturated/α-hetero) is 1. The van der Waals surface area contributed by atoms with Crippen LogP contribution < -0.4 is 0 Å². The number of rotatable bonds is 1. The van der Waals surface area contributed by atoms with Crippen molar-refractivity contribution in [1.29, 1.82) is 0 Å². The number of allylic oxidation sites excluding steroid dienone is 1. The van der Waals surface area contributed by atoms with Crippen LogP contribution in [0.25, 0.3) is 6.08 Å². The van der Waals surface area contributed by atoms with E-state index in [0.29, 0.717) is 17.1 Å². The standard InChI is InChI=1S/C26H33ClO/c1-25-13-6-5-8-19(25)10-11-20-21(25)12-14-26(2)22(20)16-18(24(26)28)15-17-7-3-4-9-23(17)27/h3-4,7,9,15,19-22H,5-6,8,10-14,16H2,1-2H3. The highest BCUT2D eigenvalue weighted by Gasteiger charge is 2.60. The maximum absolute atomic E-state index is 13.5. The van der Waals surface area contributed by atoms with Gasteiger partial charge in [0.05, 0.1) is 0 Å². The molecule has 28 heavy (non-hydrogen) atoms. The number of fused-ring (bicyclic) bond motifs is 5. The molecule has 1 aromatic rings. The van der Waals surface area contributed by atoms with Gasteiger partial charge in [-0.05, 0) is 97.3 Å². The molecule has 0 aromatic heterocycles. The van der Waals surface area contributed by atoms with Crippen LogP contribution in [0.3, 0.4) is 0 Å². The molecule has 5 rings (SSSR count). The largest absolute Gasteiger partial charge is 0.294 e. The second kappa shape index (κ2) is 6.73. The second-order valence-electron chi connectivity index (χ2n) is 10.6. The van der Waals surface area contributed by atoms with E-state index < -0.39 is 0 Å².